The summed E-state index contributed by atoms with van der Waals surface area (Å²) in [5.41, 5.74) is 0.355. The molecule has 0 fully saturated rings. The van der Waals surface area contributed by atoms with Crippen molar-refractivity contribution in [1.82, 2.24) is 0 Å². The normalized spacial score (nSPS) is 11.1. The van der Waals surface area contributed by atoms with Crippen LogP contribution in [0, 0.1) is 0 Å². The SMILES string of the molecule is COCC(=O)Nc1cccc(S(N)(=O)=O)c1. The van der Waals surface area contributed by atoms with Gasteiger partial charge in [0, 0.05) is 12.8 Å². The number of benzene rings is 1. The van der Waals surface area contributed by atoms with Crippen LogP contribution in [-0.4, -0.2) is 28.0 Å². The lowest BCUT2D eigenvalue weighted by atomic mass is 10.3. The van der Waals surface area contributed by atoms with Gasteiger partial charge in [0.2, 0.25) is 15.9 Å². The topological polar surface area (TPSA) is 98.5 Å². The van der Waals surface area contributed by atoms with Gasteiger partial charge in [-0.3, -0.25) is 4.79 Å². The lowest BCUT2D eigenvalue weighted by Gasteiger charge is -2.05. The summed E-state index contributed by atoms with van der Waals surface area (Å²) in [6.45, 7) is -0.0976. The Bertz CT molecular complexity index is 484. The third-order valence-electron chi connectivity index (χ3n) is 1.72. The van der Waals surface area contributed by atoms with Crippen LogP contribution in [0.3, 0.4) is 0 Å². The van der Waals surface area contributed by atoms with Gasteiger partial charge < -0.3 is 10.1 Å². The molecule has 3 N–H and O–H groups in total. The Labute approximate surface area is 93.5 Å². The molecule has 16 heavy (non-hydrogen) atoms. The molecule has 0 atom stereocenters. The van der Waals surface area contributed by atoms with E-state index in [0.717, 1.165) is 0 Å². The summed E-state index contributed by atoms with van der Waals surface area (Å²) in [4.78, 5) is 11.1. The molecule has 0 heterocycles. The third kappa shape index (κ3) is 3.61. The van der Waals surface area contributed by atoms with E-state index in [9.17, 15) is 13.2 Å². The highest BCUT2D eigenvalue weighted by molar-refractivity contribution is 7.89. The van der Waals surface area contributed by atoms with Crippen LogP contribution in [0.25, 0.3) is 0 Å². The van der Waals surface area contributed by atoms with Crippen LogP contribution in [0.5, 0.6) is 0 Å². The van der Waals surface area contributed by atoms with Crippen LogP contribution in [0.15, 0.2) is 29.2 Å². The van der Waals surface area contributed by atoms with Crippen molar-refractivity contribution in [3.05, 3.63) is 24.3 Å². The van der Waals surface area contributed by atoms with Crippen LogP contribution in [-0.2, 0) is 19.6 Å². The maximum atomic E-state index is 11.2. The monoisotopic (exact) mass is 244 g/mol. The number of nitrogens with two attached hydrogens (primary N) is 1. The number of amides is 1. The molecular formula is C9H12N2O4S. The highest BCUT2D eigenvalue weighted by atomic mass is 32.2. The van der Waals surface area contributed by atoms with Crippen LogP contribution in [0.4, 0.5) is 5.69 Å². The first-order valence-electron chi connectivity index (χ1n) is 4.35. The van der Waals surface area contributed by atoms with Crippen molar-refractivity contribution >= 4 is 21.6 Å². The average Bonchev–Trinajstić information content (AvgIpc) is 2.17. The maximum Gasteiger partial charge on any atom is 0.250 e. The molecule has 88 valence electrons. The van der Waals surface area contributed by atoms with E-state index in [-0.39, 0.29) is 17.4 Å². The maximum absolute atomic E-state index is 11.2. The first-order chi connectivity index (χ1) is 7.43. The summed E-state index contributed by atoms with van der Waals surface area (Å²) >= 11 is 0. The first-order valence-corrected chi connectivity index (χ1v) is 5.90. The molecule has 0 aromatic heterocycles. The summed E-state index contributed by atoms with van der Waals surface area (Å²) < 4.78 is 26.7. The summed E-state index contributed by atoms with van der Waals surface area (Å²) in [5.74, 6) is -0.367. The molecule has 0 unspecified atom stereocenters. The molecular weight excluding hydrogens is 232 g/mol. The van der Waals surface area contributed by atoms with Crippen LogP contribution in [0.1, 0.15) is 0 Å². The van der Waals surface area contributed by atoms with Gasteiger partial charge in [-0.2, -0.15) is 0 Å². The molecule has 0 spiro atoms. The summed E-state index contributed by atoms with van der Waals surface area (Å²) in [6.07, 6.45) is 0. The molecule has 1 rings (SSSR count). The molecule has 6 nitrogen and oxygen atoms in total. The number of sulfonamides is 1. The molecule has 1 aromatic rings. The van der Waals surface area contributed by atoms with Gasteiger partial charge in [-0.15, -0.1) is 0 Å². The van der Waals surface area contributed by atoms with Crippen molar-refractivity contribution in [2.45, 2.75) is 4.90 Å². The van der Waals surface area contributed by atoms with Gasteiger partial charge in [0.1, 0.15) is 6.61 Å². The van der Waals surface area contributed by atoms with Crippen molar-refractivity contribution in [2.24, 2.45) is 5.14 Å². The zero-order chi connectivity index (χ0) is 12.2. The number of carbonyl (C=O) groups is 1. The lowest BCUT2D eigenvalue weighted by Crippen LogP contribution is -2.18. The van der Waals surface area contributed by atoms with Crippen LogP contribution < -0.4 is 10.5 Å². The number of hydrogen-bond acceptors (Lipinski definition) is 4. The van der Waals surface area contributed by atoms with Gasteiger partial charge in [-0.25, -0.2) is 13.6 Å². The van der Waals surface area contributed by atoms with Crippen molar-refractivity contribution in [3.8, 4) is 0 Å². The zero-order valence-electron chi connectivity index (χ0n) is 8.64. The van der Waals surface area contributed by atoms with Crippen molar-refractivity contribution in [3.63, 3.8) is 0 Å². The molecule has 0 aliphatic carbocycles. The van der Waals surface area contributed by atoms with Crippen molar-refractivity contribution in [1.29, 1.82) is 0 Å². The Kier molecular flexibility index (Phi) is 3.99. The number of ether oxygens (including phenoxy) is 1. The average molecular weight is 244 g/mol. The van der Waals surface area contributed by atoms with E-state index in [0.29, 0.717) is 5.69 Å². The minimum Gasteiger partial charge on any atom is -0.375 e. The lowest BCUT2D eigenvalue weighted by molar-refractivity contribution is -0.119. The predicted octanol–water partition coefficient (Wildman–Crippen LogP) is -0.0811. The number of anilines is 1. The van der Waals surface area contributed by atoms with Gasteiger partial charge in [0.05, 0.1) is 4.90 Å². The fourth-order valence-electron chi connectivity index (χ4n) is 1.08. The molecule has 1 aromatic carbocycles. The molecule has 7 heteroatoms. The van der Waals surface area contributed by atoms with E-state index in [1.807, 2.05) is 0 Å². The summed E-state index contributed by atoms with van der Waals surface area (Å²) in [7, 11) is -2.37. The Morgan fingerprint density at radius 2 is 2.19 bits per heavy atom. The minimum absolute atomic E-state index is 0.0530. The fraction of sp³-hybridized carbons (Fsp3) is 0.222. The largest absolute Gasteiger partial charge is 0.375 e. The second-order valence-electron chi connectivity index (χ2n) is 3.05. The molecule has 0 bridgehead atoms. The van der Waals surface area contributed by atoms with Crippen LogP contribution >= 0.6 is 0 Å². The molecule has 0 radical (unpaired) electrons. The third-order valence-corrected chi connectivity index (χ3v) is 2.63. The Morgan fingerprint density at radius 1 is 1.50 bits per heavy atom. The molecule has 0 aliphatic heterocycles. The second-order valence-corrected chi connectivity index (χ2v) is 4.62. The Balaban J connectivity index is 2.88. The van der Waals surface area contributed by atoms with Gasteiger partial charge in [0.25, 0.3) is 0 Å². The van der Waals surface area contributed by atoms with Crippen molar-refractivity contribution in [2.75, 3.05) is 19.0 Å². The fourth-order valence-corrected chi connectivity index (χ4v) is 1.64. The van der Waals surface area contributed by atoms with Crippen LogP contribution in [0.2, 0.25) is 0 Å². The molecule has 0 saturated carbocycles. The minimum atomic E-state index is -3.76. The van der Waals surface area contributed by atoms with Gasteiger partial charge >= 0.3 is 0 Å². The number of hydrogen-bond donors (Lipinski definition) is 2. The van der Waals surface area contributed by atoms with Gasteiger partial charge in [-0.05, 0) is 18.2 Å². The number of rotatable bonds is 4. The molecule has 1 amide bonds. The Hall–Kier alpha value is -1.44. The van der Waals surface area contributed by atoms with Gasteiger partial charge in [-0.1, -0.05) is 6.07 Å². The summed E-state index contributed by atoms with van der Waals surface area (Å²) in [5, 5.41) is 7.42. The smallest absolute Gasteiger partial charge is 0.250 e. The van der Waals surface area contributed by atoms with Crippen molar-refractivity contribution < 1.29 is 17.9 Å². The molecule has 0 aliphatic rings. The van der Waals surface area contributed by atoms with E-state index in [1.165, 1.54) is 25.3 Å². The summed E-state index contributed by atoms with van der Waals surface area (Å²) in [6, 6.07) is 5.68. The van der Waals surface area contributed by atoms with E-state index in [1.54, 1.807) is 6.07 Å². The van der Waals surface area contributed by atoms with E-state index >= 15 is 0 Å². The highest BCUT2D eigenvalue weighted by Crippen LogP contribution is 2.13. The highest BCUT2D eigenvalue weighted by Gasteiger charge is 2.09. The standard InChI is InChI=1S/C9H12N2O4S/c1-15-6-9(12)11-7-3-2-4-8(5-7)16(10,13)14/h2-5H,6H2,1H3,(H,11,12)(H2,10,13,14). The van der Waals surface area contributed by atoms with E-state index < -0.39 is 10.0 Å². The van der Waals surface area contributed by atoms with Gasteiger partial charge in [0.15, 0.2) is 0 Å². The van der Waals surface area contributed by atoms with E-state index in [2.05, 4.69) is 10.1 Å². The quantitative estimate of drug-likeness (QED) is 0.773. The Morgan fingerprint density at radius 3 is 2.75 bits per heavy atom. The number of primary sulfonamides is 1. The molecule has 0 saturated heterocycles. The number of carbonyl (C=O) groups excluding carboxylic acids is 1. The first kappa shape index (κ1) is 12.6. The zero-order valence-corrected chi connectivity index (χ0v) is 9.45. The second kappa shape index (κ2) is 5.06. The van der Waals surface area contributed by atoms with E-state index in [4.69, 9.17) is 5.14 Å². The number of methoxy groups -OCH3 is 1. The predicted molar refractivity (Wildman–Crippen MR) is 58.3 cm³/mol. The number of nitrogens with one attached hydrogen (secondary N) is 1.